The van der Waals surface area contributed by atoms with Crippen molar-refractivity contribution in [2.24, 2.45) is 0 Å². The normalized spacial score (nSPS) is 18.1. The molecule has 5 nitrogen and oxygen atoms in total. The van der Waals surface area contributed by atoms with Gasteiger partial charge in [0.25, 0.3) is 5.91 Å². The van der Waals surface area contributed by atoms with Crippen molar-refractivity contribution in [1.29, 1.82) is 0 Å². The highest BCUT2D eigenvalue weighted by molar-refractivity contribution is 5.83. The SMILES string of the molecule is CC[C@H]1CCCCN1C(=O)COc1ccc(/C=C/C(=O)[O-])cc1. The van der Waals surface area contributed by atoms with Crippen LogP contribution in [0.2, 0.25) is 0 Å². The van der Waals surface area contributed by atoms with Crippen LogP contribution >= 0.6 is 0 Å². The van der Waals surface area contributed by atoms with Crippen LogP contribution in [0, 0.1) is 0 Å². The number of amides is 1. The molecule has 1 fully saturated rings. The summed E-state index contributed by atoms with van der Waals surface area (Å²) >= 11 is 0. The van der Waals surface area contributed by atoms with Gasteiger partial charge in [0, 0.05) is 12.6 Å². The van der Waals surface area contributed by atoms with Gasteiger partial charge >= 0.3 is 0 Å². The van der Waals surface area contributed by atoms with Gasteiger partial charge in [0.15, 0.2) is 6.61 Å². The van der Waals surface area contributed by atoms with E-state index in [4.69, 9.17) is 4.74 Å². The predicted octanol–water partition coefficient (Wildman–Crippen LogP) is 1.62. The first-order chi connectivity index (χ1) is 11.1. The Morgan fingerprint density at radius 1 is 1.30 bits per heavy atom. The highest BCUT2D eigenvalue weighted by Gasteiger charge is 2.25. The zero-order chi connectivity index (χ0) is 16.7. The molecule has 23 heavy (non-hydrogen) atoms. The molecule has 124 valence electrons. The van der Waals surface area contributed by atoms with E-state index in [2.05, 4.69) is 6.92 Å². The van der Waals surface area contributed by atoms with Crippen LogP contribution in [0.1, 0.15) is 38.2 Å². The maximum absolute atomic E-state index is 12.3. The number of carboxylic acid groups (broad SMARTS) is 1. The number of nitrogens with zero attached hydrogens (tertiary/aromatic N) is 1. The van der Waals surface area contributed by atoms with Gasteiger partial charge in [-0.3, -0.25) is 4.79 Å². The number of piperidine rings is 1. The summed E-state index contributed by atoms with van der Waals surface area (Å²) in [6.07, 6.45) is 6.71. The van der Waals surface area contributed by atoms with Gasteiger partial charge in [0.1, 0.15) is 5.75 Å². The van der Waals surface area contributed by atoms with E-state index in [0.29, 0.717) is 11.8 Å². The van der Waals surface area contributed by atoms with Crippen molar-refractivity contribution in [3.63, 3.8) is 0 Å². The van der Waals surface area contributed by atoms with Crippen molar-refractivity contribution in [2.75, 3.05) is 13.2 Å². The van der Waals surface area contributed by atoms with Gasteiger partial charge in [-0.2, -0.15) is 0 Å². The smallest absolute Gasteiger partial charge is 0.260 e. The van der Waals surface area contributed by atoms with Crippen molar-refractivity contribution in [1.82, 2.24) is 4.90 Å². The molecule has 0 spiro atoms. The fraction of sp³-hybridized carbons (Fsp3) is 0.444. The Balaban J connectivity index is 1.87. The number of rotatable bonds is 6. The summed E-state index contributed by atoms with van der Waals surface area (Å²) in [6.45, 7) is 2.95. The average Bonchev–Trinajstić information content (AvgIpc) is 2.58. The number of benzene rings is 1. The Morgan fingerprint density at radius 3 is 2.70 bits per heavy atom. The quantitative estimate of drug-likeness (QED) is 0.748. The number of hydrogen-bond acceptors (Lipinski definition) is 4. The summed E-state index contributed by atoms with van der Waals surface area (Å²) in [7, 11) is 0. The summed E-state index contributed by atoms with van der Waals surface area (Å²) in [5, 5.41) is 10.4. The molecule has 2 rings (SSSR count). The highest BCUT2D eigenvalue weighted by Crippen LogP contribution is 2.20. The molecule has 0 radical (unpaired) electrons. The van der Waals surface area contributed by atoms with Crippen molar-refractivity contribution in [3.05, 3.63) is 35.9 Å². The van der Waals surface area contributed by atoms with Crippen LogP contribution in [0.4, 0.5) is 0 Å². The molecule has 1 amide bonds. The molecule has 0 N–H and O–H groups in total. The second-order valence-corrected chi connectivity index (χ2v) is 5.66. The molecule has 0 saturated carbocycles. The third kappa shape index (κ3) is 5.13. The van der Waals surface area contributed by atoms with Crippen molar-refractivity contribution in [3.8, 4) is 5.75 Å². The van der Waals surface area contributed by atoms with Crippen molar-refractivity contribution < 1.29 is 19.4 Å². The molecular weight excluding hydrogens is 294 g/mol. The Labute approximate surface area is 136 Å². The van der Waals surface area contributed by atoms with Gasteiger partial charge in [0.05, 0.1) is 5.97 Å². The minimum Gasteiger partial charge on any atom is -0.545 e. The third-order valence-electron chi connectivity index (χ3n) is 4.07. The summed E-state index contributed by atoms with van der Waals surface area (Å²) in [5.41, 5.74) is 0.731. The minimum absolute atomic E-state index is 0.0254. The average molecular weight is 316 g/mol. The van der Waals surface area contributed by atoms with E-state index in [-0.39, 0.29) is 12.5 Å². The van der Waals surface area contributed by atoms with Gasteiger partial charge < -0.3 is 19.5 Å². The molecule has 1 aliphatic heterocycles. The van der Waals surface area contributed by atoms with Crippen molar-refractivity contribution in [2.45, 2.75) is 38.6 Å². The van der Waals surface area contributed by atoms with Gasteiger partial charge in [-0.1, -0.05) is 25.1 Å². The van der Waals surface area contributed by atoms with E-state index >= 15 is 0 Å². The molecule has 5 heteroatoms. The summed E-state index contributed by atoms with van der Waals surface area (Å²) in [4.78, 5) is 24.6. The first-order valence-electron chi connectivity index (χ1n) is 8.01. The number of carbonyl (C=O) groups is 2. The number of aliphatic carboxylic acids is 1. The van der Waals surface area contributed by atoms with Gasteiger partial charge in [-0.15, -0.1) is 0 Å². The lowest BCUT2D eigenvalue weighted by molar-refractivity contribution is -0.297. The van der Waals surface area contributed by atoms with Crippen LogP contribution in [-0.4, -0.2) is 36.0 Å². The van der Waals surface area contributed by atoms with E-state index < -0.39 is 5.97 Å². The molecule has 1 aromatic rings. The first-order valence-corrected chi connectivity index (χ1v) is 8.01. The minimum atomic E-state index is -1.23. The van der Waals surface area contributed by atoms with Gasteiger partial charge in [-0.25, -0.2) is 0 Å². The van der Waals surface area contributed by atoms with E-state index in [9.17, 15) is 14.7 Å². The van der Waals surface area contributed by atoms with Crippen LogP contribution < -0.4 is 9.84 Å². The number of ether oxygens (including phenoxy) is 1. The first kappa shape index (κ1) is 17.1. The zero-order valence-corrected chi connectivity index (χ0v) is 13.4. The second kappa shape index (κ2) is 8.36. The molecule has 0 bridgehead atoms. The molecule has 1 aliphatic rings. The molecule has 1 saturated heterocycles. The number of likely N-dealkylation sites (tertiary alicyclic amines) is 1. The van der Waals surface area contributed by atoms with Crippen molar-refractivity contribution >= 4 is 18.0 Å². The highest BCUT2D eigenvalue weighted by atomic mass is 16.5. The summed E-state index contributed by atoms with van der Waals surface area (Å²) in [5.74, 6) is -0.616. The number of hydrogen-bond donors (Lipinski definition) is 0. The molecular formula is C18H22NO4-. The third-order valence-corrected chi connectivity index (χ3v) is 4.07. The van der Waals surface area contributed by atoms with E-state index in [0.717, 1.165) is 37.4 Å². The lowest BCUT2D eigenvalue weighted by Gasteiger charge is -2.35. The van der Waals surface area contributed by atoms with Gasteiger partial charge in [-0.05, 0) is 49.5 Å². The zero-order valence-electron chi connectivity index (χ0n) is 13.4. The fourth-order valence-electron chi connectivity index (χ4n) is 2.82. The van der Waals surface area contributed by atoms with Crippen LogP contribution in [0.15, 0.2) is 30.3 Å². The topological polar surface area (TPSA) is 69.7 Å². The Kier molecular flexibility index (Phi) is 6.20. The largest absolute Gasteiger partial charge is 0.545 e. The summed E-state index contributed by atoms with van der Waals surface area (Å²) < 4.78 is 5.55. The second-order valence-electron chi connectivity index (χ2n) is 5.66. The Hall–Kier alpha value is -2.30. The van der Waals surface area contributed by atoms with Crippen LogP contribution in [0.5, 0.6) is 5.75 Å². The lowest BCUT2D eigenvalue weighted by Crippen LogP contribution is -2.45. The maximum atomic E-state index is 12.3. The van der Waals surface area contributed by atoms with E-state index in [1.807, 2.05) is 4.90 Å². The summed E-state index contributed by atoms with van der Waals surface area (Å²) in [6, 6.07) is 7.23. The molecule has 0 aromatic heterocycles. The Bertz CT molecular complexity index is 565. The monoisotopic (exact) mass is 316 g/mol. The predicted molar refractivity (Wildman–Crippen MR) is 85.6 cm³/mol. The molecule has 1 aromatic carbocycles. The molecule has 0 unspecified atom stereocenters. The number of carbonyl (C=O) groups excluding carboxylic acids is 2. The van der Waals surface area contributed by atoms with Crippen LogP contribution in [0.25, 0.3) is 6.08 Å². The Morgan fingerprint density at radius 2 is 2.04 bits per heavy atom. The molecule has 1 atom stereocenters. The van der Waals surface area contributed by atoms with Crippen LogP contribution in [-0.2, 0) is 9.59 Å². The number of carboxylic acids is 1. The lowest BCUT2D eigenvalue weighted by atomic mass is 10.00. The van der Waals surface area contributed by atoms with E-state index in [1.165, 1.54) is 12.5 Å². The van der Waals surface area contributed by atoms with E-state index in [1.54, 1.807) is 24.3 Å². The molecule has 1 heterocycles. The standard InChI is InChI=1S/C18H23NO4/c1-2-15-5-3-4-12-19(15)17(20)13-23-16-9-6-14(7-10-16)8-11-18(21)22/h6-11,15H,2-5,12-13H2,1H3,(H,21,22)/p-1/b11-8+/t15-/m0/s1. The van der Waals surface area contributed by atoms with Gasteiger partial charge in [0.2, 0.25) is 0 Å². The fourth-order valence-corrected chi connectivity index (χ4v) is 2.82. The molecule has 0 aliphatic carbocycles. The van der Waals surface area contributed by atoms with Crippen LogP contribution in [0.3, 0.4) is 0 Å². The maximum Gasteiger partial charge on any atom is 0.260 e.